The van der Waals surface area contributed by atoms with E-state index in [0.717, 1.165) is 16.1 Å². The molecule has 1 aliphatic heterocycles. The van der Waals surface area contributed by atoms with Crippen molar-refractivity contribution in [2.45, 2.75) is 18.4 Å². The Labute approximate surface area is 139 Å². The molecule has 0 unspecified atom stereocenters. The Morgan fingerprint density at radius 3 is 2.70 bits per heavy atom. The molecule has 2 aromatic rings. The van der Waals surface area contributed by atoms with Gasteiger partial charge in [0.1, 0.15) is 0 Å². The van der Waals surface area contributed by atoms with Crippen LogP contribution < -0.4 is 10.6 Å². The molecule has 0 atom stereocenters. The summed E-state index contributed by atoms with van der Waals surface area (Å²) in [5, 5.41) is 5.59. The fourth-order valence-corrected chi connectivity index (χ4v) is 3.09. The van der Waals surface area contributed by atoms with Crippen LogP contribution in [0.15, 0.2) is 64.4 Å². The Hall–Kier alpha value is -2.53. The minimum absolute atomic E-state index is 0.251. The molecule has 0 bridgehead atoms. The number of benzene rings is 2. The van der Waals surface area contributed by atoms with Crippen LogP contribution in [0.4, 0.5) is 5.69 Å². The van der Waals surface area contributed by atoms with Gasteiger partial charge in [0.15, 0.2) is 0 Å². The number of fused-ring (bicyclic) bond motifs is 1. The van der Waals surface area contributed by atoms with Gasteiger partial charge < -0.3 is 10.6 Å². The maximum Gasteiger partial charge on any atom is 0.262 e. The van der Waals surface area contributed by atoms with Crippen LogP contribution in [0, 0.1) is 6.92 Å². The maximum absolute atomic E-state index is 12.0. The van der Waals surface area contributed by atoms with Crippen LogP contribution in [-0.2, 0) is 16.1 Å². The molecule has 5 heteroatoms. The largest absolute Gasteiger partial charge is 0.348 e. The zero-order valence-corrected chi connectivity index (χ0v) is 13.4. The molecule has 3 rings (SSSR count). The van der Waals surface area contributed by atoms with Gasteiger partial charge in [-0.1, -0.05) is 53.7 Å². The topological polar surface area (TPSA) is 58.2 Å². The number of thioether (sulfide) groups is 1. The summed E-state index contributed by atoms with van der Waals surface area (Å²) in [4.78, 5) is 25.4. The van der Waals surface area contributed by atoms with Gasteiger partial charge in [-0.25, -0.2) is 0 Å². The summed E-state index contributed by atoms with van der Waals surface area (Å²) in [6.07, 6.45) is 1.35. The van der Waals surface area contributed by atoms with Crippen molar-refractivity contribution in [3.8, 4) is 0 Å². The number of rotatable bonds is 3. The molecule has 0 fully saturated rings. The first-order valence-electron chi connectivity index (χ1n) is 7.25. The van der Waals surface area contributed by atoms with Gasteiger partial charge in [-0.2, -0.15) is 0 Å². The van der Waals surface area contributed by atoms with Crippen LogP contribution in [0.3, 0.4) is 0 Å². The van der Waals surface area contributed by atoms with Crippen molar-refractivity contribution in [3.63, 3.8) is 0 Å². The van der Waals surface area contributed by atoms with Crippen LogP contribution >= 0.6 is 11.8 Å². The third-order valence-corrected chi connectivity index (χ3v) is 4.53. The standard InChI is InChI=1S/C18H16N2O2S/c1-12-6-8-13(9-7-12)11-19-17(21)10-16-18(22)20-14-4-2-3-5-15(14)23-16/h2-10H,11H2,1H3,(H,19,21)(H,20,22). The van der Waals surface area contributed by atoms with Gasteiger partial charge in [0.25, 0.3) is 5.91 Å². The van der Waals surface area contributed by atoms with Crippen molar-refractivity contribution in [2.24, 2.45) is 0 Å². The second-order valence-electron chi connectivity index (χ2n) is 5.26. The summed E-state index contributed by atoms with van der Waals surface area (Å²) < 4.78 is 0. The zero-order valence-electron chi connectivity index (χ0n) is 12.6. The molecule has 1 heterocycles. The minimum Gasteiger partial charge on any atom is -0.348 e. The number of amides is 2. The number of nitrogens with one attached hydrogen (secondary N) is 2. The lowest BCUT2D eigenvalue weighted by atomic mass is 10.1. The fraction of sp³-hybridized carbons (Fsp3) is 0.111. The summed E-state index contributed by atoms with van der Waals surface area (Å²) in [5.41, 5.74) is 2.98. The highest BCUT2D eigenvalue weighted by Gasteiger charge is 2.21. The predicted octanol–water partition coefficient (Wildman–Crippen LogP) is 3.24. The average molecular weight is 324 g/mol. The monoisotopic (exact) mass is 324 g/mol. The number of anilines is 1. The van der Waals surface area contributed by atoms with Crippen LogP contribution in [0.1, 0.15) is 11.1 Å². The summed E-state index contributed by atoms with van der Waals surface area (Å²) in [6.45, 7) is 2.45. The molecule has 0 aliphatic carbocycles. The average Bonchev–Trinajstić information content (AvgIpc) is 2.55. The number of hydrogen-bond acceptors (Lipinski definition) is 3. The lowest BCUT2D eigenvalue weighted by Crippen LogP contribution is -2.23. The van der Waals surface area contributed by atoms with E-state index in [1.807, 2.05) is 55.5 Å². The molecule has 2 amide bonds. The summed E-state index contributed by atoms with van der Waals surface area (Å²) >= 11 is 1.31. The smallest absolute Gasteiger partial charge is 0.262 e. The molecule has 4 nitrogen and oxygen atoms in total. The van der Waals surface area contributed by atoms with Crippen molar-refractivity contribution in [2.75, 3.05) is 5.32 Å². The third kappa shape index (κ3) is 3.81. The normalized spacial score (nSPS) is 15.0. The fourth-order valence-electron chi connectivity index (χ4n) is 2.17. The third-order valence-electron chi connectivity index (χ3n) is 3.43. The maximum atomic E-state index is 12.0. The van der Waals surface area contributed by atoms with Crippen molar-refractivity contribution in [1.82, 2.24) is 5.32 Å². The van der Waals surface area contributed by atoms with Crippen molar-refractivity contribution >= 4 is 29.3 Å². The molecular weight excluding hydrogens is 308 g/mol. The second-order valence-corrected chi connectivity index (χ2v) is 6.35. The predicted molar refractivity (Wildman–Crippen MR) is 92.0 cm³/mol. The summed E-state index contributed by atoms with van der Waals surface area (Å²) in [6, 6.07) is 15.5. The molecule has 0 saturated heterocycles. The summed E-state index contributed by atoms with van der Waals surface area (Å²) in [7, 11) is 0. The quantitative estimate of drug-likeness (QED) is 0.852. The molecule has 23 heavy (non-hydrogen) atoms. The van der Waals surface area contributed by atoms with E-state index in [0.29, 0.717) is 11.4 Å². The van der Waals surface area contributed by atoms with Gasteiger partial charge in [0, 0.05) is 17.5 Å². The molecular formula is C18H16N2O2S. The number of aryl methyl sites for hydroxylation is 1. The first-order valence-corrected chi connectivity index (χ1v) is 8.07. The molecule has 0 spiro atoms. The Bertz CT molecular complexity index is 782. The number of carbonyl (C=O) groups is 2. The van der Waals surface area contributed by atoms with E-state index in [-0.39, 0.29) is 11.8 Å². The van der Waals surface area contributed by atoms with E-state index < -0.39 is 0 Å². The number of carbonyl (C=O) groups excluding carboxylic acids is 2. The highest BCUT2D eigenvalue weighted by molar-refractivity contribution is 8.04. The SMILES string of the molecule is Cc1ccc(CNC(=O)C=C2Sc3ccccc3NC2=O)cc1. The Morgan fingerprint density at radius 1 is 1.17 bits per heavy atom. The van der Waals surface area contributed by atoms with Gasteiger partial charge >= 0.3 is 0 Å². The minimum atomic E-state index is -0.275. The lowest BCUT2D eigenvalue weighted by Gasteiger charge is -2.18. The van der Waals surface area contributed by atoms with Gasteiger partial charge in [0.2, 0.25) is 5.91 Å². The zero-order chi connectivity index (χ0) is 16.2. The highest BCUT2D eigenvalue weighted by atomic mass is 32.2. The molecule has 2 aromatic carbocycles. The van der Waals surface area contributed by atoms with E-state index in [1.165, 1.54) is 23.4 Å². The molecule has 1 aliphatic rings. The molecule has 0 saturated carbocycles. The summed E-state index contributed by atoms with van der Waals surface area (Å²) in [5.74, 6) is -0.526. The number of para-hydroxylation sites is 1. The van der Waals surface area contributed by atoms with E-state index in [9.17, 15) is 9.59 Å². The van der Waals surface area contributed by atoms with E-state index in [4.69, 9.17) is 0 Å². The van der Waals surface area contributed by atoms with Gasteiger partial charge in [-0.05, 0) is 24.6 Å². The van der Waals surface area contributed by atoms with Crippen LogP contribution in [0.5, 0.6) is 0 Å². The van der Waals surface area contributed by atoms with Crippen LogP contribution in [0.2, 0.25) is 0 Å². The first-order chi connectivity index (χ1) is 11.1. The lowest BCUT2D eigenvalue weighted by molar-refractivity contribution is -0.117. The Balaban J connectivity index is 1.65. The molecule has 2 N–H and O–H groups in total. The van der Waals surface area contributed by atoms with Crippen molar-refractivity contribution in [3.05, 3.63) is 70.6 Å². The van der Waals surface area contributed by atoms with Crippen LogP contribution in [-0.4, -0.2) is 11.8 Å². The van der Waals surface area contributed by atoms with Gasteiger partial charge in [-0.3, -0.25) is 9.59 Å². The van der Waals surface area contributed by atoms with Crippen molar-refractivity contribution in [1.29, 1.82) is 0 Å². The molecule has 116 valence electrons. The molecule has 0 aromatic heterocycles. The first kappa shape index (κ1) is 15.4. The highest BCUT2D eigenvalue weighted by Crippen LogP contribution is 2.37. The van der Waals surface area contributed by atoms with Crippen molar-refractivity contribution < 1.29 is 9.59 Å². The van der Waals surface area contributed by atoms with Gasteiger partial charge in [-0.15, -0.1) is 0 Å². The molecule has 0 radical (unpaired) electrons. The van der Waals surface area contributed by atoms with E-state index >= 15 is 0 Å². The second kappa shape index (κ2) is 6.71. The van der Waals surface area contributed by atoms with Crippen LogP contribution in [0.25, 0.3) is 0 Å². The van der Waals surface area contributed by atoms with E-state index in [1.54, 1.807) is 0 Å². The van der Waals surface area contributed by atoms with Gasteiger partial charge in [0.05, 0.1) is 10.6 Å². The van der Waals surface area contributed by atoms with E-state index in [2.05, 4.69) is 10.6 Å². The Kier molecular flexibility index (Phi) is 4.48. The number of hydrogen-bond donors (Lipinski definition) is 2. The Morgan fingerprint density at radius 2 is 1.91 bits per heavy atom.